The molecule has 0 unspecified atom stereocenters. The Morgan fingerprint density at radius 1 is 1.27 bits per heavy atom. The molecular formula is C19H26BrN5O. The number of halogens is 1. The summed E-state index contributed by atoms with van der Waals surface area (Å²) < 4.78 is 6.31. The molecule has 0 radical (unpaired) electrons. The van der Waals surface area contributed by atoms with Crippen LogP contribution in [-0.4, -0.2) is 55.2 Å². The maximum absolute atomic E-state index is 5.30. The van der Waals surface area contributed by atoms with E-state index in [0.29, 0.717) is 6.04 Å². The molecule has 0 atom stereocenters. The highest BCUT2D eigenvalue weighted by atomic mass is 79.9. The van der Waals surface area contributed by atoms with Crippen LogP contribution in [-0.2, 0) is 6.54 Å². The summed E-state index contributed by atoms with van der Waals surface area (Å²) in [6, 6.07) is 8.70. The fourth-order valence-corrected chi connectivity index (χ4v) is 3.74. The lowest BCUT2D eigenvalue weighted by molar-refractivity contribution is 0.211. The van der Waals surface area contributed by atoms with Crippen LogP contribution in [0.2, 0.25) is 0 Å². The molecule has 1 saturated heterocycles. The van der Waals surface area contributed by atoms with E-state index in [1.165, 1.54) is 5.56 Å². The van der Waals surface area contributed by atoms with Crippen molar-refractivity contribution in [2.45, 2.75) is 25.4 Å². The average Bonchev–Trinajstić information content (AvgIpc) is 2.64. The van der Waals surface area contributed by atoms with E-state index in [4.69, 9.17) is 4.74 Å². The van der Waals surface area contributed by atoms with Gasteiger partial charge in [-0.2, -0.15) is 4.98 Å². The predicted octanol–water partition coefficient (Wildman–Crippen LogP) is 3.39. The summed E-state index contributed by atoms with van der Waals surface area (Å²) in [5, 5.41) is 3.56. The van der Waals surface area contributed by atoms with Gasteiger partial charge in [0, 0.05) is 46.0 Å². The van der Waals surface area contributed by atoms with Crippen LogP contribution in [0.3, 0.4) is 0 Å². The lowest BCUT2D eigenvalue weighted by Gasteiger charge is -2.32. The molecule has 1 aliphatic heterocycles. The molecule has 140 valence electrons. The molecule has 0 saturated carbocycles. The number of aromatic nitrogens is 2. The van der Waals surface area contributed by atoms with Gasteiger partial charge in [-0.25, -0.2) is 4.98 Å². The van der Waals surface area contributed by atoms with Crippen LogP contribution in [0.15, 0.2) is 34.9 Å². The first-order chi connectivity index (χ1) is 12.5. The highest BCUT2D eigenvalue weighted by Crippen LogP contribution is 2.26. The van der Waals surface area contributed by atoms with Crippen molar-refractivity contribution in [3.63, 3.8) is 0 Å². The third kappa shape index (κ3) is 4.86. The summed E-state index contributed by atoms with van der Waals surface area (Å²) in [7, 11) is 5.60. The summed E-state index contributed by atoms with van der Waals surface area (Å²) in [5.41, 5.74) is 1.30. The molecule has 0 bridgehead atoms. The number of nitrogens with zero attached hydrogens (tertiary/aromatic N) is 4. The molecule has 0 spiro atoms. The Morgan fingerprint density at radius 2 is 2.04 bits per heavy atom. The maximum Gasteiger partial charge on any atom is 0.226 e. The molecule has 1 aliphatic rings. The minimum absolute atomic E-state index is 0.457. The van der Waals surface area contributed by atoms with E-state index in [2.05, 4.69) is 48.2 Å². The second kappa shape index (κ2) is 8.68. The van der Waals surface area contributed by atoms with E-state index in [1.807, 2.05) is 31.1 Å². The molecule has 0 aliphatic carbocycles. The van der Waals surface area contributed by atoms with Gasteiger partial charge in [0.1, 0.15) is 11.6 Å². The van der Waals surface area contributed by atoms with Gasteiger partial charge in [0.25, 0.3) is 0 Å². The van der Waals surface area contributed by atoms with Gasteiger partial charge in [-0.3, -0.25) is 4.90 Å². The quantitative estimate of drug-likeness (QED) is 0.774. The summed E-state index contributed by atoms with van der Waals surface area (Å²) >= 11 is 3.57. The van der Waals surface area contributed by atoms with E-state index in [-0.39, 0.29) is 0 Å². The fourth-order valence-electron chi connectivity index (χ4n) is 3.16. The van der Waals surface area contributed by atoms with E-state index < -0.39 is 0 Å². The second-order valence-electron chi connectivity index (χ2n) is 6.80. The van der Waals surface area contributed by atoms with Crippen molar-refractivity contribution in [1.82, 2.24) is 14.9 Å². The lowest BCUT2D eigenvalue weighted by atomic mass is 10.0. The number of rotatable bonds is 6. The maximum atomic E-state index is 5.30. The average molecular weight is 420 g/mol. The van der Waals surface area contributed by atoms with Crippen molar-refractivity contribution in [3.8, 4) is 5.75 Å². The molecule has 0 amide bonds. The van der Waals surface area contributed by atoms with Gasteiger partial charge in [-0.05, 0) is 52.5 Å². The smallest absolute Gasteiger partial charge is 0.226 e. The van der Waals surface area contributed by atoms with Gasteiger partial charge in [-0.15, -0.1) is 0 Å². The standard InChI is InChI=1S/C19H26BrN5O/c1-24(2)19-21-9-6-18(23-19)22-15-7-10-25(11-8-15)13-14-4-5-17(26-3)16(20)12-14/h4-6,9,12,15H,7-8,10-11,13H2,1-3H3,(H,21,22,23). The fraction of sp³-hybridized carbons (Fsp3) is 0.474. The van der Waals surface area contributed by atoms with Gasteiger partial charge in [0.2, 0.25) is 5.95 Å². The number of hydrogen-bond acceptors (Lipinski definition) is 6. The summed E-state index contributed by atoms with van der Waals surface area (Å²) in [5.74, 6) is 2.51. The molecule has 3 rings (SSSR count). The lowest BCUT2D eigenvalue weighted by Crippen LogP contribution is -2.38. The van der Waals surface area contributed by atoms with E-state index >= 15 is 0 Å². The topological polar surface area (TPSA) is 53.5 Å². The van der Waals surface area contributed by atoms with Crippen molar-refractivity contribution < 1.29 is 4.74 Å². The first-order valence-corrected chi connectivity index (χ1v) is 9.66. The van der Waals surface area contributed by atoms with Crippen LogP contribution in [0.5, 0.6) is 5.75 Å². The van der Waals surface area contributed by atoms with Crippen LogP contribution in [0.4, 0.5) is 11.8 Å². The van der Waals surface area contributed by atoms with E-state index in [0.717, 1.165) is 54.5 Å². The van der Waals surface area contributed by atoms with Gasteiger partial charge in [0.15, 0.2) is 0 Å². The number of ether oxygens (including phenoxy) is 1. The Morgan fingerprint density at radius 3 is 2.69 bits per heavy atom. The Kier molecular flexibility index (Phi) is 6.32. The molecule has 1 fully saturated rings. The van der Waals surface area contributed by atoms with Crippen LogP contribution < -0.4 is 15.0 Å². The van der Waals surface area contributed by atoms with Crippen molar-refractivity contribution in [1.29, 1.82) is 0 Å². The Bertz CT molecular complexity index is 732. The number of piperidine rings is 1. The van der Waals surface area contributed by atoms with Gasteiger partial charge >= 0.3 is 0 Å². The highest BCUT2D eigenvalue weighted by Gasteiger charge is 2.20. The molecule has 6 nitrogen and oxygen atoms in total. The molecular weight excluding hydrogens is 394 g/mol. The molecule has 1 N–H and O–H groups in total. The SMILES string of the molecule is COc1ccc(CN2CCC(Nc3ccnc(N(C)C)n3)CC2)cc1Br. The first kappa shape index (κ1) is 18.9. The van der Waals surface area contributed by atoms with E-state index in [1.54, 1.807) is 13.3 Å². The first-order valence-electron chi connectivity index (χ1n) is 8.87. The number of benzene rings is 1. The van der Waals surface area contributed by atoms with Crippen molar-refractivity contribution in [3.05, 3.63) is 40.5 Å². The van der Waals surface area contributed by atoms with Crippen LogP contribution >= 0.6 is 15.9 Å². The second-order valence-corrected chi connectivity index (χ2v) is 7.65. The minimum Gasteiger partial charge on any atom is -0.496 e. The molecule has 7 heteroatoms. The number of likely N-dealkylation sites (tertiary alicyclic amines) is 1. The predicted molar refractivity (Wildman–Crippen MR) is 109 cm³/mol. The number of methoxy groups -OCH3 is 1. The zero-order valence-electron chi connectivity index (χ0n) is 15.6. The molecule has 2 heterocycles. The summed E-state index contributed by atoms with van der Waals surface area (Å²) in [6.07, 6.45) is 4.03. The van der Waals surface area contributed by atoms with E-state index in [9.17, 15) is 0 Å². The van der Waals surface area contributed by atoms with Crippen molar-refractivity contribution in [2.24, 2.45) is 0 Å². The third-order valence-electron chi connectivity index (χ3n) is 4.60. The Hall–Kier alpha value is -1.86. The number of nitrogens with one attached hydrogen (secondary N) is 1. The van der Waals surface area contributed by atoms with Crippen LogP contribution in [0.1, 0.15) is 18.4 Å². The summed E-state index contributed by atoms with van der Waals surface area (Å²) in [4.78, 5) is 13.2. The number of anilines is 2. The van der Waals surface area contributed by atoms with Crippen LogP contribution in [0, 0.1) is 0 Å². The van der Waals surface area contributed by atoms with Gasteiger partial charge in [0.05, 0.1) is 11.6 Å². The normalized spacial score (nSPS) is 15.7. The molecule has 2 aromatic rings. The molecule has 1 aromatic heterocycles. The number of hydrogen-bond donors (Lipinski definition) is 1. The zero-order valence-corrected chi connectivity index (χ0v) is 17.2. The van der Waals surface area contributed by atoms with Gasteiger partial charge in [-0.1, -0.05) is 6.07 Å². The van der Waals surface area contributed by atoms with Crippen LogP contribution in [0.25, 0.3) is 0 Å². The molecule has 1 aromatic carbocycles. The monoisotopic (exact) mass is 419 g/mol. The van der Waals surface area contributed by atoms with Crippen molar-refractivity contribution >= 4 is 27.7 Å². The minimum atomic E-state index is 0.457. The summed E-state index contributed by atoms with van der Waals surface area (Å²) in [6.45, 7) is 3.12. The molecule has 26 heavy (non-hydrogen) atoms. The third-order valence-corrected chi connectivity index (χ3v) is 5.22. The Balaban J connectivity index is 1.51. The van der Waals surface area contributed by atoms with Crippen molar-refractivity contribution in [2.75, 3.05) is 44.5 Å². The zero-order chi connectivity index (χ0) is 18.5. The largest absolute Gasteiger partial charge is 0.496 e. The Labute approximate surface area is 163 Å². The van der Waals surface area contributed by atoms with Gasteiger partial charge < -0.3 is 15.0 Å². The highest BCUT2D eigenvalue weighted by molar-refractivity contribution is 9.10.